The summed E-state index contributed by atoms with van der Waals surface area (Å²) in [6, 6.07) is 13.4. The van der Waals surface area contributed by atoms with Crippen molar-refractivity contribution in [2.24, 2.45) is 0 Å². The third-order valence-electron chi connectivity index (χ3n) is 3.59. The lowest BCUT2D eigenvalue weighted by Crippen LogP contribution is -2.25. The first-order chi connectivity index (χ1) is 12.0. The molecule has 1 heterocycles. The lowest BCUT2D eigenvalue weighted by Gasteiger charge is -2.09. The van der Waals surface area contributed by atoms with E-state index >= 15 is 0 Å². The Labute approximate surface area is 154 Å². The number of hydrogen-bond acceptors (Lipinski definition) is 4. The number of aryl methyl sites for hydroxylation is 1. The summed E-state index contributed by atoms with van der Waals surface area (Å²) in [6.45, 7) is 2.24. The fourth-order valence-corrected chi connectivity index (χ4v) is 3.21. The number of carbonyl (C=O) groups is 2. The molecule has 0 aliphatic heterocycles. The van der Waals surface area contributed by atoms with E-state index in [2.05, 4.69) is 10.3 Å². The van der Waals surface area contributed by atoms with E-state index in [-0.39, 0.29) is 11.7 Å². The van der Waals surface area contributed by atoms with Crippen molar-refractivity contribution in [1.29, 1.82) is 0 Å². The van der Waals surface area contributed by atoms with Crippen LogP contribution in [0.2, 0.25) is 5.02 Å². The number of ketones is 1. The van der Waals surface area contributed by atoms with Crippen molar-refractivity contribution in [3.8, 4) is 0 Å². The second-order valence-corrected chi connectivity index (χ2v) is 6.83. The molecule has 1 amide bonds. The van der Waals surface area contributed by atoms with Crippen molar-refractivity contribution >= 4 is 34.6 Å². The van der Waals surface area contributed by atoms with Crippen LogP contribution in [-0.2, 0) is 6.54 Å². The van der Waals surface area contributed by atoms with E-state index in [1.165, 1.54) is 11.3 Å². The number of benzene rings is 2. The topological polar surface area (TPSA) is 59.1 Å². The quantitative estimate of drug-likeness (QED) is 0.682. The molecule has 0 saturated heterocycles. The minimum absolute atomic E-state index is 0.215. The Balaban J connectivity index is 1.81. The maximum Gasteiger partial charge on any atom is 0.252 e. The minimum atomic E-state index is -0.300. The van der Waals surface area contributed by atoms with Crippen molar-refractivity contribution in [2.45, 2.75) is 13.5 Å². The van der Waals surface area contributed by atoms with Gasteiger partial charge in [-0.1, -0.05) is 29.8 Å². The maximum absolute atomic E-state index is 12.7. The average molecular weight is 371 g/mol. The first-order valence-electron chi connectivity index (χ1n) is 7.63. The molecule has 126 valence electrons. The first-order valence-corrected chi connectivity index (χ1v) is 8.89. The largest absolute Gasteiger partial charge is 0.346 e. The molecule has 0 radical (unpaired) electrons. The summed E-state index contributed by atoms with van der Waals surface area (Å²) in [5, 5.41) is 6.13. The molecule has 0 aliphatic carbocycles. The molecule has 0 saturated carbocycles. The van der Waals surface area contributed by atoms with E-state index in [0.29, 0.717) is 28.3 Å². The van der Waals surface area contributed by atoms with E-state index in [1.54, 1.807) is 48.5 Å². The summed E-state index contributed by atoms with van der Waals surface area (Å²) in [6.07, 6.45) is 0. The van der Waals surface area contributed by atoms with E-state index in [1.807, 2.05) is 12.3 Å². The Morgan fingerprint density at radius 1 is 1.08 bits per heavy atom. The summed E-state index contributed by atoms with van der Waals surface area (Å²) < 4.78 is 0. The van der Waals surface area contributed by atoms with Gasteiger partial charge in [-0.25, -0.2) is 4.98 Å². The molecule has 1 N–H and O–H groups in total. The fraction of sp³-hybridized carbons (Fsp3) is 0.105. The highest BCUT2D eigenvalue weighted by Crippen LogP contribution is 2.17. The van der Waals surface area contributed by atoms with E-state index < -0.39 is 0 Å². The fourth-order valence-electron chi connectivity index (χ4n) is 2.37. The number of hydrogen-bond donors (Lipinski definition) is 1. The average Bonchev–Trinajstić information content (AvgIpc) is 3.05. The van der Waals surface area contributed by atoms with Crippen molar-refractivity contribution in [3.63, 3.8) is 0 Å². The SMILES string of the molecule is Cc1csc(CNC(=O)c2ccccc2C(=O)c2ccc(Cl)cc2)n1. The summed E-state index contributed by atoms with van der Waals surface area (Å²) in [5.74, 6) is -0.515. The van der Waals surface area contributed by atoms with Gasteiger partial charge in [0.25, 0.3) is 5.91 Å². The highest BCUT2D eigenvalue weighted by molar-refractivity contribution is 7.09. The Morgan fingerprint density at radius 2 is 1.76 bits per heavy atom. The van der Waals surface area contributed by atoms with Crippen LogP contribution in [0.25, 0.3) is 0 Å². The predicted molar refractivity (Wildman–Crippen MR) is 99.3 cm³/mol. The van der Waals surface area contributed by atoms with Crippen LogP contribution in [0.1, 0.15) is 37.0 Å². The number of amides is 1. The molecule has 3 aromatic rings. The van der Waals surface area contributed by atoms with Gasteiger partial charge in [0.05, 0.1) is 12.1 Å². The van der Waals surface area contributed by atoms with Gasteiger partial charge in [-0.3, -0.25) is 9.59 Å². The van der Waals surface area contributed by atoms with E-state index in [4.69, 9.17) is 11.6 Å². The lowest BCUT2D eigenvalue weighted by atomic mass is 9.98. The van der Waals surface area contributed by atoms with Gasteiger partial charge in [-0.15, -0.1) is 11.3 Å². The van der Waals surface area contributed by atoms with Gasteiger partial charge in [0.1, 0.15) is 5.01 Å². The van der Waals surface area contributed by atoms with Crippen molar-refractivity contribution in [2.75, 3.05) is 0 Å². The Hall–Kier alpha value is -2.50. The van der Waals surface area contributed by atoms with Crippen LogP contribution >= 0.6 is 22.9 Å². The summed E-state index contributed by atoms with van der Waals surface area (Å²) in [7, 11) is 0. The van der Waals surface area contributed by atoms with Gasteiger partial charge >= 0.3 is 0 Å². The van der Waals surface area contributed by atoms with E-state index in [0.717, 1.165) is 10.7 Å². The molecule has 6 heteroatoms. The smallest absolute Gasteiger partial charge is 0.252 e. The van der Waals surface area contributed by atoms with Crippen LogP contribution < -0.4 is 5.32 Å². The van der Waals surface area contributed by atoms with Gasteiger partial charge < -0.3 is 5.32 Å². The molecule has 0 bridgehead atoms. The number of aromatic nitrogens is 1. The third-order valence-corrected chi connectivity index (χ3v) is 4.81. The third kappa shape index (κ3) is 4.13. The predicted octanol–water partition coefficient (Wildman–Crippen LogP) is 4.27. The van der Waals surface area contributed by atoms with Gasteiger partial charge in [0.2, 0.25) is 0 Å². The van der Waals surface area contributed by atoms with E-state index in [9.17, 15) is 9.59 Å². The monoisotopic (exact) mass is 370 g/mol. The van der Waals surface area contributed by atoms with Gasteiger partial charge in [-0.05, 0) is 37.3 Å². The van der Waals surface area contributed by atoms with Crippen LogP contribution in [-0.4, -0.2) is 16.7 Å². The minimum Gasteiger partial charge on any atom is -0.346 e. The zero-order chi connectivity index (χ0) is 17.8. The van der Waals surface area contributed by atoms with Gasteiger partial charge in [0, 0.05) is 27.2 Å². The zero-order valence-corrected chi connectivity index (χ0v) is 15.0. The number of nitrogens with one attached hydrogen (secondary N) is 1. The highest BCUT2D eigenvalue weighted by atomic mass is 35.5. The number of rotatable bonds is 5. The molecule has 4 nitrogen and oxygen atoms in total. The first kappa shape index (κ1) is 17.3. The molecule has 0 aliphatic rings. The van der Waals surface area contributed by atoms with Crippen LogP contribution in [0, 0.1) is 6.92 Å². The molecule has 0 spiro atoms. The number of halogens is 1. The van der Waals surface area contributed by atoms with Crippen LogP contribution in [0.15, 0.2) is 53.9 Å². The lowest BCUT2D eigenvalue weighted by molar-refractivity contribution is 0.0939. The molecule has 25 heavy (non-hydrogen) atoms. The van der Waals surface area contributed by atoms with Crippen LogP contribution in [0.4, 0.5) is 0 Å². The Morgan fingerprint density at radius 3 is 2.40 bits per heavy atom. The molecule has 0 atom stereocenters. The van der Waals surface area contributed by atoms with Crippen molar-refractivity contribution < 1.29 is 9.59 Å². The molecule has 0 fully saturated rings. The normalized spacial score (nSPS) is 10.5. The summed E-state index contributed by atoms with van der Waals surface area (Å²) in [4.78, 5) is 29.6. The number of carbonyl (C=O) groups excluding carboxylic acids is 2. The standard InChI is InChI=1S/C19H15ClN2O2S/c1-12-11-25-17(22-12)10-21-19(24)16-5-3-2-4-15(16)18(23)13-6-8-14(20)9-7-13/h2-9,11H,10H2,1H3,(H,21,24). The zero-order valence-electron chi connectivity index (χ0n) is 13.5. The Bertz CT molecular complexity index is 919. The molecular formula is C19H15ClN2O2S. The molecule has 0 unspecified atom stereocenters. The maximum atomic E-state index is 12.7. The molecule has 2 aromatic carbocycles. The van der Waals surface area contributed by atoms with Crippen LogP contribution in [0.3, 0.4) is 0 Å². The highest BCUT2D eigenvalue weighted by Gasteiger charge is 2.18. The summed E-state index contributed by atoms with van der Waals surface area (Å²) >= 11 is 7.36. The Kier molecular flexibility index (Phi) is 5.26. The summed E-state index contributed by atoms with van der Waals surface area (Å²) in [5.41, 5.74) is 2.11. The van der Waals surface area contributed by atoms with Gasteiger partial charge in [0.15, 0.2) is 5.78 Å². The number of nitrogens with zero attached hydrogens (tertiary/aromatic N) is 1. The van der Waals surface area contributed by atoms with Crippen molar-refractivity contribution in [1.82, 2.24) is 10.3 Å². The molecule has 3 rings (SSSR count). The second-order valence-electron chi connectivity index (χ2n) is 5.45. The van der Waals surface area contributed by atoms with Crippen molar-refractivity contribution in [3.05, 3.63) is 86.3 Å². The molecule has 1 aromatic heterocycles. The molecular weight excluding hydrogens is 356 g/mol. The number of thiazole rings is 1. The second kappa shape index (κ2) is 7.59. The van der Waals surface area contributed by atoms with Gasteiger partial charge in [-0.2, -0.15) is 0 Å². The van der Waals surface area contributed by atoms with Crippen LogP contribution in [0.5, 0.6) is 0 Å².